The number of thiocarbonyl (C=S) groups is 1. The van der Waals surface area contributed by atoms with Gasteiger partial charge in [0.1, 0.15) is 15.8 Å². The lowest BCUT2D eigenvalue weighted by Gasteiger charge is -2.25. The Kier molecular flexibility index (Phi) is 7.12. The van der Waals surface area contributed by atoms with E-state index < -0.39 is 12.0 Å². The maximum Gasteiger partial charge on any atom is 0.333 e. The van der Waals surface area contributed by atoms with Gasteiger partial charge in [-0.25, -0.2) is 4.79 Å². The first-order chi connectivity index (χ1) is 14.5. The van der Waals surface area contributed by atoms with E-state index in [4.69, 9.17) is 26.4 Å². The van der Waals surface area contributed by atoms with Crippen LogP contribution in [-0.4, -0.2) is 41.9 Å². The van der Waals surface area contributed by atoms with Crippen LogP contribution in [-0.2, 0) is 14.3 Å². The molecule has 1 saturated heterocycles. The minimum absolute atomic E-state index is 0.204. The molecule has 0 aliphatic carbocycles. The predicted molar refractivity (Wildman–Crippen MR) is 120 cm³/mol. The molecule has 0 saturated carbocycles. The zero-order valence-electron chi connectivity index (χ0n) is 16.8. The first kappa shape index (κ1) is 21.9. The highest BCUT2D eigenvalue weighted by atomic mass is 32.2. The van der Waals surface area contributed by atoms with Gasteiger partial charge in [-0.15, -0.1) is 0 Å². The van der Waals surface area contributed by atoms with Crippen LogP contribution >= 0.6 is 24.0 Å². The van der Waals surface area contributed by atoms with E-state index in [9.17, 15) is 9.59 Å². The lowest BCUT2D eigenvalue weighted by Crippen LogP contribution is -2.38. The predicted octanol–water partition coefficient (Wildman–Crippen LogP) is 4.21. The molecule has 1 fully saturated rings. The molecule has 0 aromatic heterocycles. The summed E-state index contributed by atoms with van der Waals surface area (Å²) in [6, 6.07) is 13.4. The lowest BCUT2D eigenvalue weighted by atomic mass is 10.1. The van der Waals surface area contributed by atoms with Crippen LogP contribution in [0.4, 0.5) is 0 Å². The standard InChI is InChI=1S/C22H21NO5S2/c1-4-28-21(25)19(14-8-6-5-7-9-14)23-20(24)18(30-22(23)29)12-15-10-11-16(26-2)13-17(15)27-3/h5-13,19H,4H2,1-3H3/b18-12-. The molecule has 1 aliphatic rings. The van der Waals surface area contributed by atoms with E-state index in [1.165, 1.54) is 4.90 Å². The van der Waals surface area contributed by atoms with Crippen molar-refractivity contribution in [1.82, 2.24) is 4.90 Å². The van der Waals surface area contributed by atoms with Crippen molar-refractivity contribution in [2.24, 2.45) is 0 Å². The average molecular weight is 444 g/mol. The molecule has 6 nitrogen and oxygen atoms in total. The fraction of sp³-hybridized carbons (Fsp3) is 0.227. The second-order valence-corrected chi connectivity index (χ2v) is 7.90. The molecule has 2 aromatic carbocycles. The number of carbonyl (C=O) groups is 2. The molecule has 0 N–H and O–H groups in total. The number of esters is 1. The normalized spacial score (nSPS) is 16.0. The van der Waals surface area contributed by atoms with Crippen molar-refractivity contribution in [1.29, 1.82) is 0 Å². The molecule has 1 amide bonds. The number of benzene rings is 2. The third-order valence-electron chi connectivity index (χ3n) is 4.43. The molecule has 8 heteroatoms. The number of hydrogen-bond donors (Lipinski definition) is 0. The molecule has 2 aromatic rings. The van der Waals surface area contributed by atoms with Gasteiger partial charge in [0, 0.05) is 11.6 Å². The zero-order chi connectivity index (χ0) is 21.7. The second-order valence-electron chi connectivity index (χ2n) is 6.22. The number of nitrogens with zero attached hydrogens (tertiary/aromatic N) is 1. The Bertz CT molecular complexity index is 990. The second kappa shape index (κ2) is 9.77. The summed E-state index contributed by atoms with van der Waals surface area (Å²) in [6.07, 6.45) is 1.70. The summed E-state index contributed by atoms with van der Waals surface area (Å²) in [7, 11) is 3.11. The fourth-order valence-electron chi connectivity index (χ4n) is 3.03. The average Bonchev–Trinajstić information content (AvgIpc) is 3.03. The minimum atomic E-state index is -0.942. The third kappa shape index (κ3) is 4.49. The minimum Gasteiger partial charge on any atom is -0.497 e. The maximum atomic E-state index is 13.2. The van der Waals surface area contributed by atoms with Crippen LogP contribution in [0.3, 0.4) is 0 Å². The quantitative estimate of drug-likeness (QED) is 0.361. The largest absolute Gasteiger partial charge is 0.497 e. The molecular formula is C22H21NO5S2. The fourth-order valence-corrected chi connectivity index (χ4v) is 4.33. The molecule has 30 heavy (non-hydrogen) atoms. The number of amides is 1. The zero-order valence-corrected chi connectivity index (χ0v) is 18.4. The summed E-state index contributed by atoms with van der Waals surface area (Å²) in [4.78, 5) is 27.7. The topological polar surface area (TPSA) is 65.1 Å². The van der Waals surface area contributed by atoms with Crippen LogP contribution < -0.4 is 9.47 Å². The van der Waals surface area contributed by atoms with Gasteiger partial charge < -0.3 is 14.2 Å². The van der Waals surface area contributed by atoms with Crippen molar-refractivity contribution in [3.05, 3.63) is 64.6 Å². The summed E-state index contributed by atoms with van der Waals surface area (Å²) in [6.45, 7) is 1.93. The first-order valence-electron chi connectivity index (χ1n) is 9.20. The highest BCUT2D eigenvalue weighted by molar-refractivity contribution is 8.26. The van der Waals surface area contributed by atoms with Crippen molar-refractivity contribution in [3.63, 3.8) is 0 Å². The van der Waals surface area contributed by atoms with E-state index in [0.29, 0.717) is 31.9 Å². The molecule has 1 heterocycles. The first-order valence-corrected chi connectivity index (χ1v) is 10.4. The van der Waals surface area contributed by atoms with E-state index in [-0.39, 0.29) is 12.5 Å². The monoisotopic (exact) mass is 443 g/mol. The van der Waals surface area contributed by atoms with Crippen molar-refractivity contribution in [2.75, 3.05) is 20.8 Å². The smallest absolute Gasteiger partial charge is 0.333 e. The van der Waals surface area contributed by atoms with Crippen molar-refractivity contribution in [3.8, 4) is 11.5 Å². The van der Waals surface area contributed by atoms with Crippen LogP contribution in [0.2, 0.25) is 0 Å². The maximum absolute atomic E-state index is 13.2. The number of carbonyl (C=O) groups excluding carboxylic acids is 2. The number of thioether (sulfide) groups is 1. The van der Waals surface area contributed by atoms with Crippen LogP contribution in [0.15, 0.2) is 53.4 Å². The molecule has 1 aliphatic heterocycles. The van der Waals surface area contributed by atoms with Gasteiger partial charge in [0.2, 0.25) is 0 Å². The lowest BCUT2D eigenvalue weighted by molar-refractivity contribution is -0.151. The van der Waals surface area contributed by atoms with Gasteiger partial charge >= 0.3 is 5.97 Å². The summed E-state index contributed by atoms with van der Waals surface area (Å²) in [5.41, 5.74) is 1.33. The van der Waals surface area contributed by atoms with Gasteiger partial charge in [0.15, 0.2) is 6.04 Å². The SMILES string of the molecule is CCOC(=O)C(c1ccccc1)N1C(=O)/C(=C/c2ccc(OC)cc2OC)SC1=S. The Morgan fingerprint density at radius 1 is 1.17 bits per heavy atom. The molecule has 1 unspecified atom stereocenters. The third-order valence-corrected chi connectivity index (χ3v) is 5.76. The Balaban J connectivity index is 1.98. The summed E-state index contributed by atoms with van der Waals surface area (Å²) < 4.78 is 16.1. The molecule has 3 rings (SSSR count). The molecule has 156 valence electrons. The van der Waals surface area contributed by atoms with E-state index in [0.717, 1.165) is 11.8 Å². The molecule has 0 radical (unpaired) electrons. The van der Waals surface area contributed by atoms with E-state index in [2.05, 4.69) is 0 Å². The number of hydrogen-bond acceptors (Lipinski definition) is 7. The van der Waals surface area contributed by atoms with E-state index >= 15 is 0 Å². The highest BCUT2D eigenvalue weighted by Crippen LogP contribution is 2.40. The van der Waals surface area contributed by atoms with Crippen molar-refractivity contribution in [2.45, 2.75) is 13.0 Å². The van der Waals surface area contributed by atoms with Crippen LogP contribution in [0.1, 0.15) is 24.1 Å². The van der Waals surface area contributed by atoms with Gasteiger partial charge in [-0.05, 0) is 30.7 Å². The summed E-state index contributed by atoms with van der Waals surface area (Å²) in [5, 5.41) is 0. The molecule has 0 bridgehead atoms. The van der Waals surface area contributed by atoms with Crippen LogP contribution in [0, 0.1) is 0 Å². The Labute approximate surface area is 184 Å². The van der Waals surface area contributed by atoms with E-state index in [1.54, 1.807) is 69.7 Å². The number of methoxy groups -OCH3 is 2. The van der Waals surface area contributed by atoms with Crippen molar-refractivity contribution < 1.29 is 23.8 Å². The number of ether oxygens (including phenoxy) is 3. The van der Waals surface area contributed by atoms with Gasteiger partial charge in [0.05, 0.1) is 25.7 Å². The molecule has 0 spiro atoms. The Morgan fingerprint density at radius 3 is 2.53 bits per heavy atom. The van der Waals surface area contributed by atoms with Crippen LogP contribution in [0.25, 0.3) is 6.08 Å². The van der Waals surface area contributed by atoms with Crippen LogP contribution in [0.5, 0.6) is 11.5 Å². The van der Waals surface area contributed by atoms with Gasteiger partial charge in [-0.3, -0.25) is 9.69 Å². The molecule has 1 atom stereocenters. The Hall–Kier alpha value is -2.84. The van der Waals surface area contributed by atoms with Gasteiger partial charge in [-0.1, -0.05) is 54.3 Å². The van der Waals surface area contributed by atoms with Gasteiger partial charge in [0.25, 0.3) is 5.91 Å². The van der Waals surface area contributed by atoms with E-state index in [1.807, 2.05) is 6.07 Å². The summed E-state index contributed by atoms with van der Waals surface area (Å²) >= 11 is 6.60. The summed E-state index contributed by atoms with van der Waals surface area (Å²) in [5.74, 6) is 0.320. The highest BCUT2D eigenvalue weighted by Gasteiger charge is 2.42. The van der Waals surface area contributed by atoms with Crippen molar-refractivity contribution >= 4 is 46.3 Å². The van der Waals surface area contributed by atoms with Gasteiger partial charge in [-0.2, -0.15) is 0 Å². The molecular weight excluding hydrogens is 422 g/mol. The Morgan fingerprint density at radius 2 is 1.90 bits per heavy atom. The number of rotatable bonds is 7.